The predicted octanol–water partition coefficient (Wildman–Crippen LogP) is 11.4. The molecule has 0 bridgehead atoms. The molecule has 6 aromatic rings. The summed E-state index contributed by atoms with van der Waals surface area (Å²) in [7, 11) is 0. The SMILES string of the molecule is C=Cc1c(/C=C\N)c(-c2cccc3c2-c2ccccc2C3(C)C)c2ccccc2c1-c1cccc2c1-c1ccccc1C2(C)C. The summed E-state index contributed by atoms with van der Waals surface area (Å²) in [6, 6.07) is 40.3. The van der Waals surface area contributed by atoms with Crippen LogP contribution >= 0.6 is 0 Å². The van der Waals surface area contributed by atoms with Crippen LogP contribution in [0.2, 0.25) is 0 Å². The third-order valence-electron chi connectivity index (χ3n) is 10.5. The topological polar surface area (TPSA) is 26.0 Å². The number of rotatable bonds is 4. The Morgan fingerprint density at radius 3 is 1.33 bits per heavy atom. The first-order valence-electron chi connectivity index (χ1n) is 15.9. The lowest BCUT2D eigenvalue weighted by Crippen LogP contribution is -2.14. The number of fused-ring (bicyclic) bond motifs is 7. The van der Waals surface area contributed by atoms with Crippen LogP contribution in [0, 0.1) is 0 Å². The molecule has 0 unspecified atom stereocenters. The fourth-order valence-electron chi connectivity index (χ4n) is 8.47. The molecule has 6 aromatic carbocycles. The van der Waals surface area contributed by atoms with Gasteiger partial charge in [-0.25, -0.2) is 0 Å². The number of hydrogen-bond donors (Lipinski definition) is 1. The van der Waals surface area contributed by atoms with E-state index >= 15 is 0 Å². The van der Waals surface area contributed by atoms with Crippen LogP contribution in [0.1, 0.15) is 61.1 Å². The summed E-state index contributed by atoms with van der Waals surface area (Å²) in [4.78, 5) is 0. The first kappa shape index (κ1) is 27.4. The molecule has 0 heterocycles. The van der Waals surface area contributed by atoms with Crippen LogP contribution < -0.4 is 5.73 Å². The lowest BCUT2D eigenvalue weighted by atomic mass is 9.78. The second kappa shape index (κ2) is 9.68. The minimum Gasteiger partial charge on any atom is -0.405 e. The number of nitrogens with two attached hydrogens (primary N) is 1. The summed E-state index contributed by atoms with van der Waals surface area (Å²) in [6.45, 7) is 13.8. The monoisotopic (exact) mass is 579 g/mol. The highest BCUT2D eigenvalue weighted by molar-refractivity contribution is 6.15. The van der Waals surface area contributed by atoms with Gasteiger partial charge >= 0.3 is 0 Å². The van der Waals surface area contributed by atoms with Crippen LogP contribution in [0.5, 0.6) is 0 Å². The van der Waals surface area contributed by atoms with Gasteiger partial charge in [-0.3, -0.25) is 0 Å². The van der Waals surface area contributed by atoms with E-state index in [1.165, 1.54) is 77.5 Å². The van der Waals surface area contributed by atoms with Crippen LogP contribution in [0.25, 0.3) is 67.4 Å². The zero-order valence-corrected chi connectivity index (χ0v) is 26.4. The van der Waals surface area contributed by atoms with Crippen molar-refractivity contribution in [1.82, 2.24) is 0 Å². The Kier molecular flexibility index (Phi) is 5.90. The Morgan fingerprint density at radius 1 is 0.467 bits per heavy atom. The van der Waals surface area contributed by atoms with Gasteiger partial charge in [-0.05, 0) is 101 Å². The molecule has 0 saturated heterocycles. The highest BCUT2D eigenvalue weighted by Crippen LogP contribution is 2.56. The summed E-state index contributed by atoms with van der Waals surface area (Å²) in [5.74, 6) is 0. The van der Waals surface area contributed by atoms with Crippen molar-refractivity contribution < 1.29 is 0 Å². The summed E-state index contributed by atoms with van der Waals surface area (Å²) >= 11 is 0. The number of benzene rings is 6. The Labute approximate surface area is 266 Å². The molecule has 1 nitrogen and oxygen atoms in total. The molecule has 1 heteroatoms. The third kappa shape index (κ3) is 3.61. The summed E-state index contributed by atoms with van der Waals surface area (Å²) in [5, 5.41) is 2.43. The first-order chi connectivity index (χ1) is 21.8. The molecular formula is C44H37N. The fourth-order valence-corrected chi connectivity index (χ4v) is 8.47. The van der Waals surface area contributed by atoms with Gasteiger partial charge in [0.25, 0.3) is 0 Å². The number of hydrogen-bond acceptors (Lipinski definition) is 1. The van der Waals surface area contributed by atoms with Gasteiger partial charge in [0, 0.05) is 10.8 Å². The molecule has 8 rings (SSSR count). The van der Waals surface area contributed by atoms with E-state index in [-0.39, 0.29) is 10.8 Å². The van der Waals surface area contributed by atoms with Gasteiger partial charge in [-0.1, -0.05) is 150 Å². The minimum atomic E-state index is -0.0897. The Balaban J connectivity index is 1.53. The van der Waals surface area contributed by atoms with E-state index in [1.54, 1.807) is 6.20 Å². The average Bonchev–Trinajstić information content (AvgIpc) is 3.44. The van der Waals surface area contributed by atoms with Gasteiger partial charge in [-0.2, -0.15) is 0 Å². The molecule has 2 aliphatic rings. The Bertz CT molecular complexity index is 2240. The highest BCUT2D eigenvalue weighted by atomic mass is 14.5. The molecule has 218 valence electrons. The quantitative estimate of drug-likeness (QED) is 0.221. The zero-order chi connectivity index (χ0) is 31.1. The predicted molar refractivity (Wildman–Crippen MR) is 193 cm³/mol. The third-order valence-corrected chi connectivity index (χ3v) is 10.5. The standard InChI is InChI=1S/C44H37N/c1-6-27-30(25-26-45)40(34-20-14-24-38-42(34)32-18-10-12-22-36(32)44(38,4)5)29-16-8-7-15-28(29)39(27)33-19-13-23-37-41(33)31-17-9-11-21-35(31)43(37,2)3/h6-26H,1,45H2,2-5H3/b26-25-. The van der Waals surface area contributed by atoms with Gasteiger partial charge in [0.15, 0.2) is 0 Å². The van der Waals surface area contributed by atoms with Crippen molar-refractivity contribution in [3.63, 3.8) is 0 Å². The molecule has 2 aliphatic carbocycles. The van der Waals surface area contributed by atoms with Crippen molar-refractivity contribution in [3.05, 3.63) is 155 Å². The van der Waals surface area contributed by atoms with Crippen LogP contribution in [0.3, 0.4) is 0 Å². The molecule has 2 N–H and O–H groups in total. The van der Waals surface area contributed by atoms with Gasteiger partial charge in [0.2, 0.25) is 0 Å². The van der Waals surface area contributed by atoms with Crippen molar-refractivity contribution in [2.75, 3.05) is 0 Å². The molecule has 0 atom stereocenters. The fraction of sp³-hybridized carbons (Fsp3) is 0.136. The van der Waals surface area contributed by atoms with E-state index in [0.717, 1.165) is 11.1 Å². The lowest BCUT2D eigenvalue weighted by Gasteiger charge is -2.25. The summed E-state index contributed by atoms with van der Waals surface area (Å²) in [6.07, 6.45) is 5.79. The second-order valence-corrected chi connectivity index (χ2v) is 13.5. The molecule has 0 radical (unpaired) electrons. The molecular weight excluding hydrogens is 542 g/mol. The van der Waals surface area contributed by atoms with E-state index < -0.39 is 0 Å². The first-order valence-corrected chi connectivity index (χ1v) is 15.9. The highest BCUT2D eigenvalue weighted by Gasteiger charge is 2.39. The maximum atomic E-state index is 6.27. The Hall–Kier alpha value is -5.14. The van der Waals surface area contributed by atoms with E-state index in [2.05, 4.69) is 150 Å². The molecule has 0 saturated carbocycles. The van der Waals surface area contributed by atoms with Crippen molar-refractivity contribution in [1.29, 1.82) is 0 Å². The normalized spacial score (nSPS) is 15.1. The summed E-state index contributed by atoms with van der Waals surface area (Å²) in [5.41, 5.74) is 23.9. The van der Waals surface area contributed by atoms with Crippen LogP contribution in [-0.2, 0) is 10.8 Å². The maximum Gasteiger partial charge on any atom is 0.0159 e. The second-order valence-electron chi connectivity index (χ2n) is 13.5. The maximum absolute atomic E-state index is 6.27. The van der Waals surface area contributed by atoms with Crippen molar-refractivity contribution in [3.8, 4) is 44.5 Å². The molecule has 0 spiro atoms. The van der Waals surface area contributed by atoms with Crippen LogP contribution in [0.4, 0.5) is 0 Å². The molecule has 45 heavy (non-hydrogen) atoms. The van der Waals surface area contributed by atoms with E-state index in [4.69, 9.17) is 5.73 Å². The van der Waals surface area contributed by atoms with Gasteiger partial charge < -0.3 is 5.73 Å². The smallest absolute Gasteiger partial charge is 0.0159 e. The van der Waals surface area contributed by atoms with Crippen molar-refractivity contribution in [2.24, 2.45) is 5.73 Å². The van der Waals surface area contributed by atoms with Crippen molar-refractivity contribution >= 4 is 22.9 Å². The Morgan fingerprint density at radius 2 is 0.867 bits per heavy atom. The molecule has 0 aromatic heterocycles. The lowest BCUT2D eigenvalue weighted by molar-refractivity contribution is 0.660. The molecule has 0 amide bonds. The van der Waals surface area contributed by atoms with Crippen LogP contribution in [-0.4, -0.2) is 0 Å². The zero-order valence-electron chi connectivity index (χ0n) is 26.4. The van der Waals surface area contributed by atoms with E-state index in [0.29, 0.717) is 0 Å². The van der Waals surface area contributed by atoms with E-state index in [1.807, 2.05) is 6.08 Å². The minimum absolute atomic E-state index is 0.0865. The molecule has 0 aliphatic heterocycles. The summed E-state index contributed by atoms with van der Waals surface area (Å²) < 4.78 is 0. The van der Waals surface area contributed by atoms with Gasteiger partial charge in [0.1, 0.15) is 0 Å². The van der Waals surface area contributed by atoms with Gasteiger partial charge in [0.05, 0.1) is 0 Å². The van der Waals surface area contributed by atoms with E-state index in [9.17, 15) is 0 Å². The van der Waals surface area contributed by atoms with Crippen molar-refractivity contribution in [2.45, 2.75) is 38.5 Å². The largest absolute Gasteiger partial charge is 0.405 e. The van der Waals surface area contributed by atoms with Crippen LogP contribution in [0.15, 0.2) is 122 Å². The van der Waals surface area contributed by atoms with Gasteiger partial charge in [-0.15, -0.1) is 0 Å². The molecule has 0 fully saturated rings. The average molecular weight is 580 g/mol.